The minimum atomic E-state index is -0.861. The van der Waals surface area contributed by atoms with Crippen LogP contribution in [0.4, 0.5) is 0 Å². The second-order valence-electron chi connectivity index (χ2n) is 3.41. The van der Waals surface area contributed by atoms with Gasteiger partial charge < -0.3 is 10.4 Å². The van der Waals surface area contributed by atoms with Gasteiger partial charge in [-0.05, 0) is 12.5 Å². The van der Waals surface area contributed by atoms with Crippen LogP contribution in [0.15, 0.2) is 18.5 Å². The van der Waals surface area contributed by atoms with E-state index in [1.54, 1.807) is 13.0 Å². The zero-order chi connectivity index (χ0) is 12.0. The Bertz CT molecular complexity index is 367. The summed E-state index contributed by atoms with van der Waals surface area (Å²) in [5, 5.41) is 18.4. The Morgan fingerprint density at radius 2 is 2.25 bits per heavy atom. The molecule has 1 atom stereocenters. The Morgan fingerprint density at radius 3 is 2.81 bits per heavy atom. The fourth-order valence-electron chi connectivity index (χ4n) is 1.05. The van der Waals surface area contributed by atoms with Crippen LogP contribution in [-0.4, -0.2) is 33.7 Å². The number of aliphatic carboxylic acids is 1. The van der Waals surface area contributed by atoms with Gasteiger partial charge >= 0.3 is 5.97 Å². The summed E-state index contributed by atoms with van der Waals surface area (Å²) in [7, 11) is 0. The molecule has 1 aromatic rings. The number of aromatic nitrogens is 2. The van der Waals surface area contributed by atoms with Crippen molar-refractivity contribution in [1.82, 2.24) is 15.5 Å². The molecule has 1 aromatic heterocycles. The van der Waals surface area contributed by atoms with Crippen LogP contribution in [-0.2, 0) is 4.79 Å². The third-order valence-corrected chi connectivity index (χ3v) is 2.13. The van der Waals surface area contributed by atoms with Crippen molar-refractivity contribution >= 4 is 11.9 Å². The number of rotatable bonds is 5. The highest BCUT2D eigenvalue weighted by molar-refractivity contribution is 5.93. The number of nitrogens with zero attached hydrogens (tertiary/aromatic N) is 2. The van der Waals surface area contributed by atoms with E-state index < -0.39 is 11.9 Å². The number of carbonyl (C=O) groups excluding carboxylic acids is 1. The first kappa shape index (κ1) is 12.1. The molecule has 0 aliphatic carbocycles. The van der Waals surface area contributed by atoms with Crippen LogP contribution in [0.1, 0.15) is 23.7 Å². The highest BCUT2D eigenvalue weighted by Crippen LogP contribution is 2.00. The molecule has 1 unspecified atom stereocenters. The number of carboxylic acid groups (broad SMARTS) is 1. The molecular weight excluding hydrogens is 210 g/mol. The quantitative estimate of drug-likeness (QED) is 0.749. The average Bonchev–Trinajstić information content (AvgIpc) is 2.29. The standard InChI is InChI=1S/C10H13N3O3/c1-7(10(15)16)2-4-11-9(14)8-3-5-12-13-6-8/h3,5-7H,2,4H2,1H3,(H,11,14)(H,15,16). The van der Waals surface area contributed by atoms with Crippen molar-refractivity contribution in [3.05, 3.63) is 24.0 Å². The van der Waals surface area contributed by atoms with Crippen LogP contribution in [0.2, 0.25) is 0 Å². The fourth-order valence-corrected chi connectivity index (χ4v) is 1.05. The molecule has 1 amide bonds. The normalized spacial score (nSPS) is 11.8. The zero-order valence-corrected chi connectivity index (χ0v) is 8.88. The van der Waals surface area contributed by atoms with Crippen LogP contribution in [0.25, 0.3) is 0 Å². The third kappa shape index (κ3) is 3.64. The molecule has 0 spiro atoms. The largest absolute Gasteiger partial charge is 0.481 e. The summed E-state index contributed by atoms with van der Waals surface area (Å²) in [6, 6.07) is 1.54. The van der Waals surface area contributed by atoms with Gasteiger partial charge in [0.15, 0.2) is 0 Å². The van der Waals surface area contributed by atoms with Gasteiger partial charge in [-0.2, -0.15) is 10.2 Å². The molecule has 0 aromatic carbocycles. The van der Waals surface area contributed by atoms with Gasteiger partial charge in [-0.15, -0.1) is 0 Å². The summed E-state index contributed by atoms with van der Waals surface area (Å²) in [4.78, 5) is 22.0. The molecule has 6 nitrogen and oxygen atoms in total. The number of hydrogen-bond acceptors (Lipinski definition) is 4. The molecule has 16 heavy (non-hydrogen) atoms. The van der Waals surface area contributed by atoms with Crippen LogP contribution in [0, 0.1) is 5.92 Å². The van der Waals surface area contributed by atoms with Crippen molar-refractivity contribution in [2.45, 2.75) is 13.3 Å². The fraction of sp³-hybridized carbons (Fsp3) is 0.400. The Morgan fingerprint density at radius 1 is 1.50 bits per heavy atom. The Balaban J connectivity index is 2.34. The van der Waals surface area contributed by atoms with Gasteiger partial charge in [-0.1, -0.05) is 6.92 Å². The average molecular weight is 223 g/mol. The van der Waals surface area contributed by atoms with E-state index in [0.717, 1.165) is 0 Å². The summed E-state index contributed by atoms with van der Waals surface area (Å²) < 4.78 is 0. The van der Waals surface area contributed by atoms with Crippen molar-refractivity contribution < 1.29 is 14.7 Å². The van der Waals surface area contributed by atoms with Gasteiger partial charge in [-0.25, -0.2) is 0 Å². The summed E-state index contributed by atoms with van der Waals surface area (Å²) >= 11 is 0. The highest BCUT2D eigenvalue weighted by Gasteiger charge is 2.11. The maximum absolute atomic E-state index is 11.5. The molecule has 1 rings (SSSR count). The molecule has 2 N–H and O–H groups in total. The maximum Gasteiger partial charge on any atom is 0.306 e. The lowest BCUT2D eigenvalue weighted by molar-refractivity contribution is -0.141. The third-order valence-electron chi connectivity index (χ3n) is 2.13. The molecular formula is C10H13N3O3. The van der Waals surface area contributed by atoms with Crippen molar-refractivity contribution in [3.63, 3.8) is 0 Å². The predicted octanol–water partition coefficient (Wildman–Crippen LogP) is 0.317. The number of hydrogen-bond donors (Lipinski definition) is 2. The molecule has 0 saturated carbocycles. The van der Waals surface area contributed by atoms with Gasteiger partial charge in [0.25, 0.3) is 5.91 Å². The Hall–Kier alpha value is -1.98. The summed E-state index contributed by atoms with van der Waals surface area (Å²) in [6.45, 7) is 1.93. The first-order valence-electron chi connectivity index (χ1n) is 4.89. The zero-order valence-electron chi connectivity index (χ0n) is 8.88. The van der Waals surface area contributed by atoms with E-state index in [4.69, 9.17) is 5.11 Å². The molecule has 0 aliphatic rings. The second-order valence-corrected chi connectivity index (χ2v) is 3.41. The van der Waals surface area contributed by atoms with Gasteiger partial charge in [0, 0.05) is 6.54 Å². The lowest BCUT2D eigenvalue weighted by Crippen LogP contribution is -2.27. The highest BCUT2D eigenvalue weighted by atomic mass is 16.4. The second kappa shape index (κ2) is 5.79. The van der Waals surface area contributed by atoms with E-state index in [1.807, 2.05) is 0 Å². The van der Waals surface area contributed by atoms with Crippen LogP contribution < -0.4 is 5.32 Å². The molecule has 6 heteroatoms. The van der Waals surface area contributed by atoms with Crippen LogP contribution in [0.5, 0.6) is 0 Å². The Labute approximate surface area is 92.7 Å². The number of carbonyl (C=O) groups is 2. The van der Waals surface area contributed by atoms with Gasteiger partial charge in [0.05, 0.1) is 23.9 Å². The first-order chi connectivity index (χ1) is 7.61. The predicted molar refractivity (Wildman–Crippen MR) is 55.8 cm³/mol. The summed E-state index contributed by atoms with van der Waals surface area (Å²) in [5.74, 6) is -1.59. The first-order valence-corrected chi connectivity index (χ1v) is 4.89. The van der Waals surface area contributed by atoms with E-state index in [1.165, 1.54) is 12.4 Å². The van der Waals surface area contributed by atoms with Gasteiger partial charge in [0.1, 0.15) is 0 Å². The van der Waals surface area contributed by atoms with Crippen LogP contribution in [0.3, 0.4) is 0 Å². The van der Waals surface area contributed by atoms with Crippen molar-refractivity contribution in [2.75, 3.05) is 6.54 Å². The molecule has 0 fully saturated rings. The monoisotopic (exact) mass is 223 g/mol. The number of nitrogens with one attached hydrogen (secondary N) is 1. The SMILES string of the molecule is CC(CCNC(=O)c1ccnnc1)C(=O)O. The Kier molecular flexibility index (Phi) is 4.38. The number of carboxylic acids is 1. The molecule has 0 aliphatic heterocycles. The molecule has 0 radical (unpaired) electrons. The number of amides is 1. The topological polar surface area (TPSA) is 92.2 Å². The maximum atomic E-state index is 11.5. The molecule has 0 saturated heterocycles. The van der Waals surface area contributed by atoms with E-state index in [-0.39, 0.29) is 5.91 Å². The summed E-state index contributed by atoms with van der Waals surface area (Å²) in [5.41, 5.74) is 0.415. The van der Waals surface area contributed by atoms with Crippen LogP contribution >= 0.6 is 0 Å². The molecule has 86 valence electrons. The van der Waals surface area contributed by atoms with E-state index in [9.17, 15) is 9.59 Å². The summed E-state index contributed by atoms with van der Waals surface area (Å²) in [6.07, 6.45) is 3.18. The molecule has 1 heterocycles. The van der Waals surface area contributed by atoms with E-state index in [0.29, 0.717) is 18.5 Å². The van der Waals surface area contributed by atoms with Crippen molar-refractivity contribution in [3.8, 4) is 0 Å². The minimum absolute atomic E-state index is 0.271. The smallest absolute Gasteiger partial charge is 0.306 e. The van der Waals surface area contributed by atoms with Gasteiger partial charge in [-0.3, -0.25) is 9.59 Å². The minimum Gasteiger partial charge on any atom is -0.481 e. The van der Waals surface area contributed by atoms with Crippen molar-refractivity contribution in [1.29, 1.82) is 0 Å². The molecule has 0 bridgehead atoms. The van der Waals surface area contributed by atoms with Gasteiger partial charge in [0.2, 0.25) is 0 Å². The lowest BCUT2D eigenvalue weighted by atomic mass is 10.1. The lowest BCUT2D eigenvalue weighted by Gasteiger charge is -2.07. The van der Waals surface area contributed by atoms with E-state index >= 15 is 0 Å². The van der Waals surface area contributed by atoms with Crippen molar-refractivity contribution in [2.24, 2.45) is 5.92 Å². The van der Waals surface area contributed by atoms with E-state index in [2.05, 4.69) is 15.5 Å².